The number of nitrogens with one attached hydrogen (secondary N) is 1. The molecule has 6 nitrogen and oxygen atoms in total. The maximum absolute atomic E-state index is 13.0. The first kappa shape index (κ1) is 19.2. The zero-order valence-electron chi connectivity index (χ0n) is 16.9. The molecule has 2 heterocycles. The first-order chi connectivity index (χ1) is 14.7. The van der Waals surface area contributed by atoms with E-state index < -0.39 is 6.17 Å². The van der Waals surface area contributed by atoms with Gasteiger partial charge in [0.25, 0.3) is 5.91 Å². The Bertz CT molecular complexity index is 1110. The second-order valence-electron chi connectivity index (χ2n) is 7.60. The van der Waals surface area contributed by atoms with Gasteiger partial charge < -0.3 is 4.74 Å². The lowest BCUT2D eigenvalue weighted by molar-refractivity contribution is -0.116. The Morgan fingerprint density at radius 2 is 1.90 bits per heavy atom. The van der Waals surface area contributed by atoms with Crippen molar-refractivity contribution in [3.8, 4) is 5.75 Å². The zero-order valence-corrected chi connectivity index (χ0v) is 17.7. The minimum absolute atomic E-state index is 0.144. The van der Waals surface area contributed by atoms with Crippen LogP contribution in [0.2, 0.25) is 0 Å². The lowest BCUT2D eigenvalue weighted by Crippen LogP contribution is -2.50. The quantitative estimate of drug-likeness (QED) is 0.826. The SMILES string of the molecule is CCSC1=NN2C(=c3ccccc3=N[C@H]2c2ccc(OC3CCCC3)cc2)C(=O)N1. The Hall–Kier alpha value is -2.80. The van der Waals surface area contributed by atoms with Crippen LogP contribution in [0.25, 0.3) is 5.70 Å². The normalized spacial score (nSPS) is 20.8. The van der Waals surface area contributed by atoms with Crippen molar-refractivity contribution in [2.45, 2.75) is 44.9 Å². The van der Waals surface area contributed by atoms with Crippen molar-refractivity contribution in [3.63, 3.8) is 0 Å². The van der Waals surface area contributed by atoms with Crippen LogP contribution in [0.3, 0.4) is 0 Å². The molecule has 2 aromatic rings. The van der Waals surface area contributed by atoms with E-state index in [9.17, 15) is 4.79 Å². The Balaban J connectivity index is 1.53. The summed E-state index contributed by atoms with van der Waals surface area (Å²) in [7, 11) is 0. The molecule has 2 aliphatic heterocycles. The number of ether oxygens (including phenoxy) is 1. The number of carbonyl (C=O) groups is 1. The Morgan fingerprint density at radius 3 is 2.67 bits per heavy atom. The first-order valence-electron chi connectivity index (χ1n) is 10.5. The van der Waals surface area contributed by atoms with Crippen molar-refractivity contribution in [1.82, 2.24) is 10.3 Å². The van der Waals surface area contributed by atoms with Crippen LogP contribution in [-0.4, -0.2) is 27.9 Å². The number of amidine groups is 1. The van der Waals surface area contributed by atoms with E-state index in [1.165, 1.54) is 24.6 Å². The molecule has 1 fully saturated rings. The van der Waals surface area contributed by atoms with Gasteiger partial charge in [0.1, 0.15) is 11.4 Å². The van der Waals surface area contributed by atoms with E-state index in [1.807, 2.05) is 55.5 Å². The highest BCUT2D eigenvalue weighted by atomic mass is 32.2. The van der Waals surface area contributed by atoms with Crippen molar-refractivity contribution >= 4 is 28.5 Å². The molecule has 1 saturated carbocycles. The van der Waals surface area contributed by atoms with Crippen LogP contribution in [-0.2, 0) is 4.79 Å². The standard InChI is InChI=1S/C23H24N4O2S/c1-2-30-23-25-22(28)20-18-9-5-6-10-19(18)24-21(27(20)26-23)15-11-13-17(14-12-15)29-16-7-3-4-8-16/h5-6,9-14,16,21H,2-4,7-8H2,1H3,(H,25,26,28)/t21-/m1/s1. The summed E-state index contributed by atoms with van der Waals surface area (Å²) >= 11 is 1.51. The predicted molar refractivity (Wildman–Crippen MR) is 118 cm³/mol. The minimum Gasteiger partial charge on any atom is -0.490 e. The van der Waals surface area contributed by atoms with Crippen molar-refractivity contribution in [1.29, 1.82) is 0 Å². The molecule has 0 unspecified atom stereocenters. The van der Waals surface area contributed by atoms with Gasteiger partial charge in [-0.25, -0.2) is 5.01 Å². The van der Waals surface area contributed by atoms with Gasteiger partial charge in [0.05, 0.1) is 11.5 Å². The number of hydrogen-bond donors (Lipinski definition) is 1. The van der Waals surface area contributed by atoms with E-state index in [4.69, 9.17) is 14.8 Å². The molecule has 154 valence electrons. The maximum atomic E-state index is 13.0. The number of hydrogen-bond acceptors (Lipinski definition) is 6. The minimum atomic E-state index is -0.395. The zero-order chi connectivity index (χ0) is 20.5. The van der Waals surface area contributed by atoms with Crippen molar-refractivity contribution < 1.29 is 9.53 Å². The number of fused-ring (bicyclic) bond motifs is 2. The molecule has 1 atom stereocenters. The van der Waals surface area contributed by atoms with E-state index in [2.05, 4.69) is 5.32 Å². The highest BCUT2D eigenvalue weighted by Gasteiger charge is 2.34. The summed E-state index contributed by atoms with van der Waals surface area (Å²) in [4.78, 5) is 17.9. The summed E-state index contributed by atoms with van der Waals surface area (Å²) in [5.74, 6) is 1.57. The molecule has 1 aliphatic carbocycles. The van der Waals surface area contributed by atoms with Gasteiger partial charge in [0.2, 0.25) is 0 Å². The molecule has 0 saturated heterocycles. The van der Waals surface area contributed by atoms with Gasteiger partial charge >= 0.3 is 0 Å². The molecule has 3 aliphatic rings. The van der Waals surface area contributed by atoms with Gasteiger partial charge in [-0.15, -0.1) is 5.10 Å². The smallest absolute Gasteiger partial charge is 0.276 e. The summed E-state index contributed by atoms with van der Waals surface area (Å²) in [6.07, 6.45) is 4.68. The number of hydrazone groups is 1. The molecule has 2 aromatic carbocycles. The summed E-state index contributed by atoms with van der Waals surface area (Å²) < 4.78 is 6.10. The molecule has 0 bridgehead atoms. The van der Waals surface area contributed by atoms with E-state index >= 15 is 0 Å². The molecular formula is C23H24N4O2S. The molecule has 5 rings (SSSR count). The number of benzene rings is 2. The molecule has 0 spiro atoms. The fraction of sp³-hybridized carbons (Fsp3) is 0.348. The second kappa shape index (κ2) is 8.14. The van der Waals surface area contributed by atoms with Crippen LogP contribution in [0, 0.1) is 0 Å². The van der Waals surface area contributed by atoms with Crippen molar-refractivity contribution in [3.05, 3.63) is 64.7 Å². The van der Waals surface area contributed by atoms with Gasteiger partial charge in [-0.2, -0.15) is 0 Å². The van der Waals surface area contributed by atoms with Gasteiger partial charge in [-0.05, 0) is 55.2 Å². The second-order valence-corrected chi connectivity index (χ2v) is 8.85. The van der Waals surface area contributed by atoms with E-state index in [0.29, 0.717) is 17.0 Å². The third-order valence-electron chi connectivity index (χ3n) is 5.58. The Labute approximate surface area is 179 Å². The number of amides is 1. The van der Waals surface area contributed by atoms with Crippen molar-refractivity contribution in [2.75, 3.05) is 5.75 Å². The summed E-state index contributed by atoms with van der Waals surface area (Å²) in [5, 5.41) is 11.6. The average Bonchev–Trinajstić information content (AvgIpc) is 3.27. The van der Waals surface area contributed by atoms with Crippen LogP contribution >= 0.6 is 11.8 Å². The topological polar surface area (TPSA) is 66.3 Å². The summed E-state index contributed by atoms with van der Waals surface area (Å²) in [6.45, 7) is 2.04. The predicted octanol–water partition coefficient (Wildman–Crippen LogP) is 2.90. The molecule has 30 heavy (non-hydrogen) atoms. The summed E-state index contributed by atoms with van der Waals surface area (Å²) in [5.41, 5.74) is 1.51. The number of para-hydroxylation sites is 1. The maximum Gasteiger partial charge on any atom is 0.276 e. The lowest BCUT2D eigenvalue weighted by atomic mass is 10.1. The number of carbonyl (C=O) groups excluding carboxylic acids is 1. The third kappa shape index (κ3) is 3.58. The molecule has 0 aromatic heterocycles. The van der Waals surface area contributed by atoms with Gasteiger partial charge in [0, 0.05) is 5.22 Å². The average molecular weight is 421 g/mol. The van der Waals surface area contributed by atoms with Crippen LogP contribution < -0.4 is 20.6 Å². The van der Waals surface area contributed by atoms with Crippen molar-refractivity contribution in [2.24, 2.45) is 10.1 Å². The monoisotopic (exact) mass is 420 g/mol. The van der Waals surface area contributed by atoms with Gasteiger partial charge in [-0.3, -0.25) is 15.1 Å². The molecule has 1 amide bonds. The van der Waals surface area contributed by atoms with Crippen LogP contribution in [0.15, 0.2) is 58.6 Å². The Morgan fingerprint density at radius 1 is 1.13 bits per heavy atom. The van der Waals surface area contributed by atoms with E-state index in [0.717, 1.165) is 40.5 Å². The highest BCUT2D eigenvalue weighted by Crippen LogP contribution is 2.32. The number of nitrogens with zero attached hydrogens (tertiary/aromatic N) is 3. The van der Waals surface area contributed by atoms with Crippen LogP contribution in [0.5, 0.6) is 5.75 Å². The largest absolute Gasteiger partial charge is 0.490 e. The van der Waals surface area contributed by atoms with E-state index in [1.54, 1.807) is 5.01 Å². The highest BCUT2D eigenvalue weighted by molar-refractivity contribution is 8.13. The van der Waals surface area contributed by atoms with Gasteiger partial charge in [-0.1, -0.05) is 49.0 Å². The van der Waals surface area contributed by atoms with Gasteiger partial charge in [0.15, 0.2) is 11.3 Å². The lowest BCUT2D eigenvalue weighted by Gasteiger charge is -2.34. The molecule has 7 heteroatoms. The fourth-order valence-electron chi connectivity index (χ4n) is 4.16. The molecule has 1 N–H and O–H groups in total. The summed E-state index contributed by atoms with van der Waals surface area (Å²) in [6, 6.07) is 15.8. The third-order valence-corrected chi connectivity index (χ3v) is 6.33. The van der Waals surface area contributed by atoms with Crippen LogP contribution in [0.4, 0.5) is 0 Å². The molecular weight excluding hydrogens is 396 g/mol. The van der Waals surface area contributed by atoms with Crippen LogP contribution in [0.1, 0.15) is 44.3 Å². The first-order valence-corrected chi connectivity index (χ1v) is 11.5. The Kier molecular flexibility index (Phi) is 5.21. The number of rotatable bonds is 4. The fourth-order valence-corrected chi connectivity index (χ4v) is 4.75. The number of thioether (sulfide) groups is 1. The molecule has 0 radical (unpaired) electrons. The van der Waals surface area contributed by atoms with E-state index in [-0.39, 0.29) is 5.91 Å².